The number of amides is 1. The number of hydrogen-bond donors (Lipinski definition) is 3. The lowest BCUT2D eigenvalue weighted by atomic mass is 9.95. The number of aromatic nitrogens is 2. The minimum atomic E-state index is -0.434. The lowest BCUT2D eigenvalue weighted by Gasteiger charge is -2.15. The molecule has 0 spiro atoms. The molecule has 0 aliphatic heterocycles. The number of H-pyrrole nitrogens is 1. The molecule has 0 atom stereocenters. The summed E-state index contributed by atoms with van der Waals surface area (Å²) >= 11 is 0. The molecule has 3 rings (SSSR count). The Morgan fingerprint density at radius 1 is 1.29 bits per heavy atom. The maximum atomic E-state index is 12.2. The number of nitrogens with two attached hydrogens (primary N) is 1. The number of nitrogens with one attached hydrogen (secondary N) is 2. The predicted octanol–water partition coefficient (Wildman–Crippen LogP) is 1.48. The largest absolute Gasteiger partial charge is 0.384 e. The molecule has 1 amide bonds. The van der Waals surface area contributed by atoms with Gasteiger partial charge in [-0.1, -0.05) is 0 Å². The number of carbonyl (C=O) groups excluding carboxylic acids is 1. The third kappa shape index (κ3) is 2.79. The molecule has 1 aliphatic carbocycles. The first-order valence-electron chi connectivity index (χ1n) is 6.91. The van der Waals surface area contributed by atoms with Crippen LogP contribution in [-0.2, 0) is 12.8 Å². The normalized spacial score (nSPS) is 13.5. The third-order valence-corrected chi connectivity index (χ3v) is 3.63. The standard InChI is InChI=1S/C15H16N4O2/c16-13-6-5-10(8-17-13)18-14(20)11-7-9-3-1-2-4-12(9)19-15(11)21/h5-8H,1-4H2,(H2,16,17)(H,18,20)(H,19,21). The maximum absolute atomic E-state index is 12.2. The van der Waals surface area contributed by atoms with Crippen LogP contribution in [0.1, 0.15) is 34.5 Å². The van der Waals surface area contributed by atoms with Gasteiger partial charge >= 0.3 is 0 Å². The molecule has 0 unspecified atom stereocenters. The fourth-order valence-electron chi connectivity index (χ4n) is 2.52. The van der Waals surface area contributed by atoms with Crippen LogP contribution < -0.4 is 16.6 Å². The van der Waals surface area contributed by atoms with Crippen LogP contribution in [0.4, 0.5) is 11.5 Å². The van der Waals surface area contributed by atoms with Crippen LogP contribution in [0.25, 0.3) is 0 Å². The number of anilines is 2. The van der Waals surface area contributed by atoms with E-state index in [1.807, 2.05) is 0 Å². The number of rotatable bonds is 2. The van der Waals surface area contributed by atoms with Crippen molar-refractivity contribution >= 4 is 17.4 Å². The number of nitrogen functional groups attached to an aromatic ring is 1. The molecule has 4 N–H and O–H groups in total. The molecule has 2 aromatic heterocycles. The Morgan fingerprint density at radius 3 is 2.86 bits per heavy atom. The topological polar surface area (TPSA) is 101 Å². The number of fused-ring (bicyclic) bond motifs is 1. The second-order valence-electron chi connectivity index (χ2n) is 5.15. The van der Waals surface area contributed by atoms with Gasteiger partial charge in [0.15, 0.2) is 0 Å². The summed E-state index contributed by atoms with van der Waals surface area (Å²) < 4.78 is 0. The van der Waals surface area contributed by atoms with E-state index in [4.69, 9.17) is 5.73 Å². The molecule has 0 fully saturated rings. The summed E-state index contributed by atoms with van der Waals surface area (Å²) in [5, 5.41) is 2.66. The summed E-state index contributed by atoms with van der Waals surface area (Å²) in [6, 6.07) is 4.94. The van der Waals surface area contributed by atoms with Gasteiger partial charge in [-0.05, 0) is 49.4 Å². The highest BCUT2D eigenvalue weighted by atomic mass is 16.2. The Kier molecular flexibility index (Phi) is 3.43. The first kappa shape index (κ1) is 13.4. The molecule has 0 saturated heterocycles. The summed E-state index contributed by atoms with van der Waals surface area (Å²) in [5.41, 5.74) is 7.79. The lowest BCUT2D eigenvalue weighted by molar-refractivity contribution is 0.102. The average Bonchev–Trinajstić information content (AvgIpc) is 2.49. The van der Waals surface area contributed by atoms with E-state index in [9.17, 15) is 9.59 Å². The molecule has 6 nitrogen and oxygen atoms in total. The monoisotopic (exact) mass is 284 g/mol. The van der Waals surface area contributed by atoms with Crippen molar-refractivity contribution in [2.75, 3.05) is 11.1 Å². The fourth-order valence-corrected chi connectivity index (χ4v) is 2.52. The summed E-state index contributed by atoms with van der Waals surface area (Å²) in [4.78, 5) is 31.0. The zero-order valence-electron chi connectivity index (χ0n) is 11.5. The highest BCUT2D eigenvalue weighted by molar-refractivity contribution is 6.04. The molecule has 0 radical (unpaired) electrons. The summed E-state index contributed by atoms with van der Waals surface area (Å²) in [6.07, 6.45) is 5.39. The van der Waals surface area contributed by atoms with Crippen molar-refractivity contribution in [3.63, 3.8) is 0 Å². The minimum absolute atomic E-state index is 0.132. The summed E-state index contributed by atoms with van der Waals surface area (Å²) in [5.74, 6) is -0.0594. The Labute approximate surface area is 121 Å². The molecule has 21 heavy (non-hydrogen) atoms. The molecule has 0 saturated carbocycles. The van der Waals surface area contributed by atoms with Gasteiger partial charge in [0.25, 0.3) is 11.5 Å². The first-order chi connectivity index (χ1) is 10.1. The van der Waals surface area contributed by atoms with Gasteiger partial charge in [-0.15, -0.1) is 0 Å². The highest BCUT2D eigenvalue weighted by Gasteiger charge is 2.17. The van der Waals surface area contributed by atoms with E-state index in [1.165, 1.54) is 6.20 Å². The Morgan fingerprint density at radius 2 is 2.10 bits per heavy atom. The molecule has 2 aromatic rings. The minimum Gasteiger partial charge on any atom is -0.384 e. The van der Waals surface area contributed by atoms with Gasteiger partial charge in [-0.25, -0.2) is 4.98 Å². The highest BCUT2D eigenvalue weighted by Crippen LogP contribution is 2.19. The van der Waals surface area contributed by atoms with Crippen molar-refractivity contribution < 1.29 is 4.79 Å². The Balaban J connectivity index is 1.87. The van der Waals surface area contributed by atoms with Crippen LogP contribution >= 0.6 is 0 Å². The number of aromatic amines is 1. The molecule has 2 heterocycles. The Hall–Kier alpha value is -2.63. The number of carbonyl (C=O) groups is 1. The van der Waals surface area contributed by atoms with E-state index in [1.54, 1.807) is 18.2 Å². The van der Waals surface area contributed by atoms with Gasteiger partial charge < -0.3 is 16.0 Å². The second kappa shape index (κ2) is 5.40. The number of hydrogen-bond acceptors (Lipinski definition) is 4. The van der Waals surface area contributed by atoms with E-state index in [2.05, 4.69) is 15.3 Å². The van der Waals surface area contributed by atoms with E-state index < -0.39 is 5.91 Å². The summed E-state index contributed by atoms with van der Waals surface area (Å²) in [7, 11) is 0. The van der Waals surface area contributed by atoms with Crippen LogP contribution in [-0.4, -0.2) is 15.9 Å². The van der Waals surface area contributed by atoms with Gasteiger partial charge in [0.05, 0.1) is 11.9 Å². The zero-order chi connectivity index (χ0) is 14.8. The van der Waals surface area contributed by atoms with Gasteiger partial charge in [0.1, 0.15) is 11.4 Å². The molecule has 0 aromatic carbocycles. The smallest absolute Gasteiger partial charge is 0.261 e. The van der Waals surface area contributed by atoms with E-state index >= 15 is 0 Å². The van der Waals surface area contributed by atoms with E-state index in [0.717, 1.165) is 36.9 Å². The quantitative estimate of drug-likeness (QED) is 0.777. The van der Waals surface area contributed by atoms with E-state index in [0.29, 0.717) is 11.5 Å². The molecule has 108 valence electrons. The summed E-state index contributed by atoms with van der Waals surface area (Å²) in [6.45, 7) is 0. The zero-order valence-corrected chi connectivity index (χ0v) is 11.5. The molecular formula is C15H16N4O2. The number of nitrogens with zero attached hydrogens (tertiary/aromatic N) is 1. The molecule has 1 aliphatic rings. The molecule has 6 heteroatoms. The van der Waals surface area contributed by atoms with Crippen molar-refractivity contribution in [2.45, 2.75) is 25.7 Å². The van der Waals surface area contributed by atoms with Crippen molar-refractivity contribution in [3.05, 3.63) is 51.6 Å². The van der Waals surface area contributed by atoms with Gasteiger partial charge in [0.2, 0.25) is 0 Å². The molecule has 0 bridgehead atoms. The van der Waals surface area contributed by atoms with E-state index in [-0.39, 0.29) is 11.1 Å². The molecular weight excluding hydrogens is 268 g/mol. The Bertz CT molecular complexity index is 734. The van der Waals surface area contributed by atoms with Crippen LogP contribution in [0.2, 0.25) is 0 Å². The van der Waals surface area contributed by atoms with Crippen molar-refractivity contribution in [1.29, 1.82) is 0 Å². The SMILES string of the molecule is Nc1ccc(NC(=O)c2cc3c([nH]c2=O)CCCC3)cn1. The average molecular weight is 284 g/mol. The second-order valence-corrected chi connectivity index (χ2v) is 5.15. The van der Waals surface area contributed by atoms with Gasteiger partial charge in [-0.2, -0.15) is 0 Å². The number of pyridine rings is 2. The first-order valence-corrected chi connectivity index (χ1v) is 6.91. The third-order valence-electron chi connectivity index (χ3n) is 3.63. The number of aryl methyl sites for hydroxylation is 2. The van der Waals surface area contributed by atoms with Crippen LogP contribution in [0.15, 0.2) is 29.2 Å². The van der Waals surface area contributed by atoms with Crippen molar-refractivity contribution in [3.8, 4) is 0 Å². The van der Waals surface area contributed by atoms with Crippen LogP contribution in [0, 0.1) is 0 Å². The fraction of sp³-hybridized carbons (Fsp3) is 0.267. The van der Waals surface area contributed by atoms with Crippen molar-refractivity contribution in [2.24, 2.45) is 0 Å². The maximum Gasteiger partial charge on any atom is 0.261 e. The van der Waals surface area contributed by atoms with Crippen LogP contribution in [0.5, 0.6) is 0 Å². The van der Waals surface area contributed by atoms with Gasteiger partial charge in [-0.3, -0.25) is 9.59 Å². The van der Waals surface area contributed by atoms with Crippen LogP contribution in [0.3, 0.4) is 0 Å². The van der Waals surface area contributed by atoms with Crippen molar-refractivity contribution in [1.82, 2.24) is 9.97 Å². The van der Waals surface area contributed by atoms with Gasteiger partial charge in [0, 0.05) is 5.69 Å². The predicted molar refractivity (Wildman–Crippen MR) is 80.3 cm³/mol. The lowest BCUT2D eigenvalue weighted by Crippen LogP contribution is -2.26.